The molecular weight excluding hydrogens is 336 g/mol. The topological polar surface area (TPSA) is 59.1 Å². The van der Waals surface area contributed by atoms with E-state index in [1.807, 2.05) is 60.7 Å². The zero-order valence-electron chi connectivity index (χ0n) is 13.7. The Bertz CT molecular complexity index is 798. The molecule has 5 nitrogen and oxygen atoms in total. The smallest absolute Gasteiger partial charge is 0.224 e. The first-order valence-corrected chi connectivity index (χ1v) is 8.40. The number of rotatable bonds is 8. The molecule has 0 fully saturated rings. The van der Waals surface area contributed by atoms with Crippen molar-refractivity contribution in [3.63, 3.8) is 0 Å². The van der Waals surface area contributed by atoms with E-state index in [1.54, 1.807) is 6.20 Å². The van der Waals surface area contributed by atoms with Crippen molar-refractivity contribution in [2.75, 3.05) is 23.8 Å². The number of ether oxygens (including phenoxy) is 1. The third-order valence-electron chi connectivity index (χ3n) is 3.42. The van der Waals surface area contributed by atoms with Gasteiger partial charge in [-0.2, -0.15) is 4.98 Å². The molecule has 0 amide bonds. The largest absolute Gasteiger partial charge is 0.492 e. The third kappa shape index (κ3) is 5.65. The van der Waals surface area contributed by atoms with Crippen LogP contribution in [0.25, 0.3) is 0 Å². The minimum Gasteiger partial charge on any atom is -0.492 e. The summed E-state index contributed by atoms with van der Waals surface area (Å²) in [6.45, 7) is 1.80. The van der Waals surface area contributed by atoms with Crippen molar-refractivity contribution in [1.82, 2.24) is 9.97 Å². The van der Waals surface area contributed by atoms with Crippen molar-refractivity contribution in [1.29, 1.82) is 0 Å². The van der Waals surface area contributed by atoms with E-state index < -0.39 is 0 Å². The predicted octanol–water partition coefficient (Wildman–Crippen LogP) is 4.23. The molecule has 1 aromatic heterocycles. The van der Waals surface area contributed by atoms with Gasteiger partial charge in [0.2, 0.25) is 5.95 Å². The summed E-state index contributed by atoms with van der Waals surface area (Å²) >= 11 is 5.99. The van der Waals surface area contributed by atoms with Gasteiger partial charge in [0, 0.05) is 17.8 Å². The molecule has 128 valence electrons. The highest BCUT2D eigenvalue weighted by molar-refractivity contribution is 6.30. The highest BCUT2D eigenvalue weighted by atomic mass is 35.5. The van der Waals surface area contributed by atoms with Crippen LogP contribution in [0.1, 0.15) is 5.56 Å². The van der Waals surface area contributed by atoms with Gasteiger partial charge in [0.05, 0.1) is 6.54 Å². The Hall–Kier alpha value is -2.79. The first-order chi connectivity index (χ1) is 12.3. The van der Waals surface area contributed by atoms with Crippen LogP contribution in [-0.4, -0.2) is 23.1 Å². The number of anilines is 2. The van der Waals surface area contributed by atoms with Crippen molar-refractivity contribution in [3.8, 4) is 5.75 Å². The lowest BCUT2D eigenvalue weighted by Crippen LogP contribution is -2.14. The minimum atomic E-state index is 0.535. The average Bonchev–Trinajstić information content (AvgIpc) is 2.65. The number of halogens is 1. The Balaban J connectivity index is 1.46. The highest BCUT2D eigenvalue weighted by Gasteiger charge is 2.00. The van der Waals surface area contributed by atoms with E-state index in [4.69, 9.17) is 16.3 Å². The molecule has 0 aliphatic carbocycles. The van der Waals surface area contributed by atoms with Crippen LogP contribution in [0.2, 0.25) is 5.02 Å². The first-order valence-electron chi connectivity index (χ1n) is 8.03. The molecular formula is C19H19ClN4O. The maximum Gasteiger partial charge on any atom is 0.224 e. The van der Waals surface area contributed by atoms with Gasteiger partial charge >= 0.3 is 0 Å². The summed E-state index contributed by atoms with van der Waals surface area (Å²) in [5, 5.41) is 7.14. The lowest BCUT2D eigenvalue weighted by atomic mass is 10.2. The summed E-state index contributed by atoms with van der Waals surface area (Å²) in [5.74, 6) is 2.16. The number of hydrogen-bond donors (Lipinski definition) is 2. The molecule has 0 unspecified atom stereocenters. The molecule has 0 radical (unpaired) electrons. The molecule has 6 heteroatoms. The zero-order chi connectivity index (χ0) is 17.3. The lowest BCUT2D eigenvalue weighted by Gasteiger charge is -2.09. The minimum absolute atomic E-state index is 0.535. The summed E-state index contributed by atoms with van der Waals surface area (Å²) in [7, 11) is 0. The van der Waals surface area contributed by atoms with Crippen LogP contribution in [0.5, 0.6) is 5.75 Å². The standard InChI is InChI=1S/C19H19ClN4O/c20-16-6-4-5-15(13-16)14-23-18-9-10-21-19(24-18)22-11-12-25-17-7-2-1-3-8-17/h1-10,13H,11-12,14H2,(H2,21,22,23,24). The number of aromatic nitrogens is 2. The Morgan fingerprint density at radius 3 is 2.68 bits per heavy atom. The molecule has 0 spiro atoms. The molecule has 0 saturated carbocycles. The van der Waals surface area contributed by atoms with Gasteiger partial charge in [0.1, 0.15) is 18.2 Å². The van der Waals surface area contributed by atoms with E-state index in [9.17, 15) is 0 Å². The molecule has 1 heterocycles. The van der Waals surface area contributed by atoms with Gasteiger partial charge < -0.3 is 15.4 Å². The van der Waals surface area contributed by atoms with Crippen LogP contribution in [0, 0.1) is 0 Å². The van der Waals surface area contributed by atoms with Gasteiger partial charge in [0.15, 0.2) is 0 Å². The molecule has 25 heavy (non-hydrogen) atoms. The second-order valence-corrected chi connectivity index (χ2v) is 5.77. The van der Waals surface area contributed by atoms with E-state index in [0.717, 1.165) is 22.2 Å². The maximum absolute atomic E-state index is 5.99. The van der Waals surface area contributed by atoms with Gasteiger partial charge in [-0.3, -0.25) is 0 Å². The Kier molecular flexibility index (Phi) is 6.06. The molecule has 3 rings (SSSR count). The molecule has 0 bridgehead atoms. The van der Waals surface area contributed by atoms with Gasteiger partial charge in [-0.25, -0.2) is 4.98 Å². The van der Waals surface area contributed by atoms with Crippen molar-refractivity contribution in [3.05, 3.63) is 77.4 Å². The number of para-hydroxylation sites is 1. The third-order valence-corrected chi connectivity index (χ3v) is 3.65. The van der Waals surface area contributed by atoms with E-state index >= 15 is 0 Å². The summed E-state index contributed by atoms with van der Waals surface area (Å²) in [5.41, 5.74) is 1.09. The average molecular weight is 355 g/mol. The van der Waals surface area contributed by atoms with E-state index in [2.05, 4.69) is 20.6 Å². The van der Waals surface area contributed by atoms with Crippen molar-refractivity contribution in [2.45, 2.75) is 6.54 Å². The van der Waals surface area contributed by atoms with Crippen LogP contribution < -0.4 is 15.4 Å². The summed E-state index contributed by atoms with van der Waals surface area (Å²) in [4.78, 5) is 8.65. The Morgan fingerprint density at radius 1 is 0.960 bits per heavy atom. The predicted molar refractivity (Wildman–Crippen MR) is 101 cm³/mol. The molecule has 0 atom stereocenters. The maximum atomic E-state index is 5.99. The summed E-state index contributed by atoms with van der Waals surface area (Å²) in [6.07, 6.45) is 1.72. The fourth-order valence-corrected chi connectivity index (χ4v) is 2.44. The molecule has 2 N–H and O–H groups in total. The van der Waals surface area contributed by atoms with Crippen LogP contribution in [0.4, 0.5) is 11.8 Å². The fourth-order valence-electron chi connectivity index (χ4n) is 2.23. The van der Waals surface area contributed by atoms with Crippen molar-refractivity contribution < 1.29 is 4.74 Å². The van der Waals surface area contributed by atoms with Crippen molar-refractivity contribution in [2.24, 2.45) is 0 Å². The molecule has 0 saturated heterocycles. The van der Waals surface area contributed by atoms with E-state index in [1.165, 1.54) is 0 Å². The summed E-state index contributed by atoms with van der Waals surface area (Å²) in [6, 6.07) is 19.3. The van der Waals surface area contributed by atoms with Gasteiger partial charge in [-0.1, -0.05) is 41.9 Å². The molecule has 0 aliphatic heterocycles. The zero-order valence-corrected chi connectivity index (χ0v) is 14.4. The molecule has 0 aliphatic rings. The second kappa shape index (κ2) is 8.89. The van der Waals surface area contributed by atoms with Gasteiger partial charge in [-0.15, -0.1) is 0 Å². The Labute approximate surface area is 152 Å². The van der Waals surface area contributed by atoms with Crippen LogP contribution in [0.3, 0.4) is 0 Å². The van der Waals surface area contributed by atoms with Gasteiger partial charge in [-0.05, 0) is 35.9 Å². The fraction of sp³-hybridized carbons (Fsp3) is 0.158. The highest BCUT2D eigenvalue weighted by Crippen LogP contribution is 2.13. The molecule has 3 aromatic rings. The normalized spacial score (nSPS) is 10.3. The number of nitrogens with zero attached hydrogens (tertiary/aromatic N) is 2. The van der Waals surface area contributed by atoms with Crippen LogP contribution >= 0.6 is 11.6 Å². The SMILES string of the molecule is Clc1cccc(CNc2ccnc(NCCOc3ccccc3)n2)c1. The summed E-state index contributed by atoms with van der Waals surface area (Å²) < 4.78 is 5.63. The van der Waals surface area contributed by atoms with Crippen LogP contribution in [0.15, 0.2) is 66.9 Å². The van der Waals surface area contributed by atoms with Crippen molar-refractivity contribution >= 4 is 23.4 Å². The monoisotopic (exact) mass is 354 g/mol. The van der Waals surface area contributed by atoms with Crippen LogP contribution in [-0.2, 0) is 6.54 Å². The number of hydrogen-bond acceptors (Lipinski definition) is 5. The quantitative estimate of drug-likeness (QED) is 0.593. The van der Waals surface area contributed by atoms with E-state index in [-0.39, 0.29) is 0 Å². The lowest BCUT2D eigenvalue weighted by molar-refractivity contribution is 0.332. The molecule has 2 aromatic carbocycles. The van der Waals surface area contributed by atoms with Gasteiger partial charge in [0.25, 0.3) is 0 Å². The second-order valence-electron chi connectivity index (χ2n) is 5.34. The number of benzene rings is 2. The first kappa shape index (κ1) is 17.0. The Morgan fingerprint density at radius 2 is 1.84 bits per heavy atom. The number of nitrogens with one attached hydrogen (secondary N) is 2. The van der Waals surface area contributed by atoms with E-state index in [0.29, 0.717) is 25.6 Å².